The molecule has 3 atom stereocenters. The van der Waals surface area contributed by atoms with Crippen LogP contribution in [0.5, 0.6) is 0 Å². The molecule has 1 saturated heterocycles. The number of carbonyl (C=O) groups excluding carboxylic acids is 4. The smallest absolute Gasteiger partial charge is 0.265 e. The molecule has 170 valence electrons. The van der Waals surface area contributed by atoms with Crippen LogP contribution in [0.25, 0.3) is 10.9 Å². The fourth-order valence-corrected chi connectivity index (χ4v) is 4.55. The zero-order valence-electron chi connectivity index (χ0n) is 17.5. The Balaban J connectivity index is 1.67. The van der Waals surface area contributed by atoms with E-state index < -0.39 is 29.8 Å². The molecule has 0 spiro atoms. The van der Waals surface area contributed by atoms with Gasteiger partial charge in [0.1, 0.15) is 17.8 Å². The normalized spacial score (nSPS) is 20.0. The number of rotatable bonds is 9. The summed E-state index contributed by atoms with van der Waals surface area (Å²) in [5, 5.41) is 6.64. The Morgan fingerprint density at radius 3 is 2.50 bits per heavy atom. The molecule has 2 fully saturated rings. The number of hydrogen-bond acceptors (Lipinski definition) is 4. The molecule has 4 amide bonds. The number of hydrogen-bond donors (Lipinski definition) is 4. The predicted octanol–water partition coefficient (Wildman–Crippen LogP) is 1.23. The molecule has 1 saturated carbocycles. The summed E-state index contributed by atoms with van der Waals surface area (Å²) >= 11 is 6.19. The highest BCUT2D eigenvalue weighted by molar-refractivity contribution is 6.31. The van der Waals surface area contributed by atoms with E-state index in [1.165, 1.54) is 0 Å². The quantitative estimate of drug-likeness (QED) is 0.446. The first-order chi connectivity index (χ1) is 15.2. The average Bonchev–Trinajstić information content (AvgIpc) is 3.35. The topological polar surface area (TPSA) is 149 Å². The van der Waals surface area contributed by atoms with Crippen molar-refractivity contribution < 1.29 is 19.2 Å². The van der Waals surface area contributed by atoms with Crippen molar-refractivity contribution in [3.63, 3.8) is 0 Å². The molecule has 0 radical (unpaired) electrons. The number of nitrogens with zero attached hydrogens (tertiary/aromatic N) is 1. The van der Waals surface area contributed by atoms with E-state index in [1.54, 1.807) is 28.8 Å². The largest absolute Gasteiger partial charge is 0.368 e. The van der Waals surface area contributed by atoms with Crippen LogP contribution in [0.2, 0.25) is 5.02 Å². The molecule has 10 heteroatoms. The van der Waals surface area contributed by atoms with Crippen LogP contribution in [-0.2, 0) is 14.4 Å². The molecule has 9 nitrogen and oxygen atoms in total. The van der Waals surface area contributed by atoms with E-state index in [2.05, 4.69) is 10.6 Å². The van der Waals surface area contributed by atoms with Crippen molar-refractivity contribution in [3.05, 3.63) is 35.0 Å². The van der Waals surface area contributed by atoms with E-state index in [4.69, 9.17) is 23.1 Å². The minimum Gasteiger partial charge on any atom is -0.368 e. The van der Waals surface area contributed by atoms with Gasteiger partial charge >= 0.3 is 0 Å². The van der Waals surface area contributed by atoms with Gasteiger partial charge in [-0.1, -0.05) is 30.5 Å². The van der Waals surface area contributed by atoms with Crippen molar-refractivity contribution in [3.8, 4) is 0 Å². The van der Waals surface area contributed by atoms with Crippen molar-refractivity contribution in [1.29, 1.82) is 0 Å². The number of carbonyl (C=O) groups is 4. The number of nitrogens with two attached hydrogens (primary N) is 2. The van der Waals surface area contributed by atoms with Crippen molar-refractivity contribution >= 4 is 46.1 Å². The van der Waals surface area contributed by atoms with Gasteiger partial charge in [0.25, 0.3) is 5.91 Å². The number of aromatic nitrogens is 1. The molecule has 0 unspecified atom stereocenters. The zero-order valence-corrected chi connectivity index (χ0v) is 18.2. The third kappa shape index (κ3) is 4.57. The van der Waals surface area contributed by atoms with Crippen LogP contribution in [0.1, 0.15) is 48.6 Å². The van der Waals surface area contributed by atoms with Crippen molar-refractivity contribution in [2.45, 2.75) is 44.2 Å². The van der Waals surface area contributed by atoms with E-state index in [-0.39, 0.29) is 23.9 Å². The standard InChI is InChI=1S/C22H26ClN5O4/c23-14-4-3-12-9-17(20(25)30)28(16(12)10-14)18(7-11-1-2-11)22(32)27-15(19(24)29)8-13-5-6-26-21(13)31/h3-4,9-11,13,15,18H,1-2,5-8H2,(H2,24,29)(H2,25,30)(H,26,31)(H,27,32)/t13-,15-,18-/m0/s1. The summed E-state index contributed by atoms with van der Waals surface area (Å²) in [7, 11) is 0. The fraction of sp³-hybridized carbons (Fsp3) is 0.455. The lowest BCUT2D eigenvalue weighted by Crippen LogP contribution is -2.48. The first-order valence-electron chi connectivity index (χ1n) is 10.7. The number of halogens is 1. The lowest BCUT2D eigenvalue weighted by molar-refractivity contribution is -0.131. The van der Waals surface area contributed by atoms with Crippen LogP contribution in [0.15, 0.2) is 24.3 Å². The lowest BCUT2D eigenvalue weighted by atomic mass is 9.97. The summed E-state index contributed by atoms with van der Waals surface area (Å²) in [5.74, 6) is -2.03. The minimum absolute atomic E-state index is 0.129. The summed E-state index contributed by atoms with van der Waals surface area (Å²) in [6.45, 7) is 0.533. The second-order valence-electron chi connectivity index (χ2n) is 8.64. The van der Waals surface area contributed by atoms with Gasteiger partial charge in [-0.3, -0.25) is 19.2 Å². The summed E-state index contributed by atoms with van der Waals surface area (Å²) in [4.78, 5) is 49.7. The Labute approximate surface area is 189 Å². The van der Waals surface area contributed by atoms with Crippen LogP contribution < -0.4 is 22.1 Å². The van der Waals surface area contributed by atoms with Gasteiger partial charge < -0.3 is 26.7 Å². The second-order valence-corrected chi connectivity index (χ2v) is 9.07. The molecule has 1 aliphatic heterocycles. The summed E-state index contributed by atoms with van der Waals surface area (Å²) in [5.41, 5.74) is 12.0. The second kappa shape index (κ2) is 8.82. The van der Waals surface area contributed by atoms with Gasteiger partial charge in [-0.2, -0.15) is 0 Å². The maximum absolute atomic E-state index is 13.5. The van der Waals surface area contributed by atoms with Crippen molar-refractivity contribution in [2.75, 3.05) is 6.54 Å². The Bertz CT molecular complexity index is 1090. The Kier molecular flexibility index (Phi) is 6.10. The molecule has 2 aliphatic rings. The number of benzene rings is 1. The van der Waals surface area contributed by atoms with Gasteiger partial charge in [0.2, 0.25) is 17.7 Å². The first-order valence-corrected chi connectivity index (χ1v) is 11.1. The fourth-order valence-electron chi connectivity index (χ4n) is 4.39. The summed E-state index contributed by atoms with van der Waals surface area (Å²) < 4.78 is 1.61. The third-order valence-electron chi connectivity index (χ3n) is 6.27. The number of fused-ring (bicyclic) bond motifs is 1. The lowest BCUT2D eigenvalue weighted by Gasteiger charge is -2.25. The van der Waals surface area contributed by atoms with E-state index in [9.17, 15) is 19.2 Å². The van der Waals surface area contributed by atoms with Crippen LogP contribution in [0, 0.1) is 11.8 Å². The molecule has 1 aromatic heterocycles. The number of primary amides is 2. The van der Waals surface area contributed by atoms with Gasteiger partial charge in [0.05, 0.1) is 5.52 Å². The maximum Gasteiger partial charge on any atom is 0.265 e. The van der Waals surface area contributed by atoms with E-state index >= 15 is 0 Å². The van der Waals surface area contributed by atoms with Crippen LogP contribution in [0.4, 0.5) is 0 Å². The monoisotopic (exact) mass is 459 g/mol. The summed E-state index contributed by atoms with van der Waals surface area (Å²) in [6.07, 6.45) is 3.16. The van der Waals surface area contributed by atoms with E-state index in [1.807, 2.05) is 0 Å². The minimum atomic E-state index is -1.000. The molecule has 2 heterocycles. The van der Waals surface area contributed by atoms with Crippen LogP contribution in [0.3, 0.4) is 0 Å². The van der Waals surface area contributed by atoms with Gasteiger partial charge in [-0.05, 0) is 43.4 Å². The highest BCUT2D eigenvalue weighted by Crippen LogP contribution is 2.39. The van der Waals surface area contributed by atoms with Gasteiger partial charge in [-0.15, -0.1) is 0 Å². The van der Waals surface area contributed by atoms with E-state index in [0.717, 1.165) is 18.2 Å². The predicted molar refractivity (Wildman–Crippen MR) is 119 cm³/mol. The Morgan fingerprint density at radius 1 is 1.16 bits per heavy atom. The van der Waals surface area contributed by atoms with E-state index in [0.29, 0.717) is 35.8 Å². The number of nitrogens with one attached hydrogen (secondary N) is 2. The molecule has 1 aromatic carbocycles. The maximum atomic E-state index is 13.5. The van der Waals surface area contributed by atoms with Gasteiger partial charge in [0, 0.05) is 22.9 Å². The van der Waals surface area contributed by atoms with Crippen molar-refractivity contribution in [2.24, 2.45) is 23.3 Å². The molecular weight excluding hydrogens is 434 g/mol. The molecule has 2 aromatic rings. The Morgan fingerprint density at radius 2 is 1.91 bits per heavy atom. The third-order valence-corrected chi connectivity index (χ3v) is 6.50. The Hall–Kier alpha value is -3.07. The summed E-state index contributed by atoms with van der Waals surface area (Å²) in [6, 6.07) is 5.00. The van der Waals surface area contributed by atoms with Crippen LogP contribution >= 0.6 is 11.6 Å². The van der Waals surface area contributed by atoms with Crippen LogP contribution in [-0.4, -0.2) is 40.8 Å². The zero-order chi connectivity index (χ0) is 23.0. The van der Waals surface area contributed by atoms with Gasteiger partial charge in [-0.25, -0.2) is 0 Å². The average molecular weight is 460 g/mol. The molecular formula is C22H26ClN5O4. The number of amides is 4. The molecule has 0 bridgehead atoms. The first kappa shape index (κ1) is 22.1. The SMILES string of the molecule is NC(=O)c1cc2ccc(Cl)cc2n1[C@@H](CC1CC1)C(=O)N[C@@H](C[C@@H]1CCNC1=O)C(N)=O. The molecule has 1 aliphatic carbocycles. The van der Waals surface area contributed by atoms with Gasteiger partial charge in [0.15, 0.2) is 0 Å². The highest BCUT2D eigenvalue weighted by Gasteiger charge is 2.36. The molecule has 32 heavy (non-hydrogen) atoms. The van der Waals surface area contributed by atoms with Crippen molar-refractivity contribution in [1.82, 2.24) is 15.2 Å². The molecule has 6 N–H and O–H groups in total. The molecule has 4 rings (SSSR count). The highest BCUT2D eigenvalue weighted by atomic mass is 35.5.